The molecular weight excluding hydrogens is 246 g/mol. The number of nitrogens with zero attached hydrogens (tertiary/aromatic N) is 3. The molecule has 5 heteroatoms. The lowest BCUT2D eigenvalue weighted by Crippen LogP contribution is -2.30. The zero-order valence-electron chi connectivity index (χ0n) is 10.0. The van der Waals surface area contributed by atoms with E-state index in [4.69, 9.17) is 0 Å². The molecule has 2 aliphatic rings. The van der Waals surface area contributed by atoms with Gasteiger partial charge in [-0.15, -0.1) is 16.9 Å². The van der Waals surface area contributed by atoms with Crippen molar-refractivity contribution in [3.8, 4) is 0 Å². The van der Waals surface area contributed by atoms with E-state index in [1.165, 1.54) is 22.9 Å². The van der Waals surface area contributed by atoms with E-state index in [-0.39, 0.29) is 11.2 Å². The van der Waals surface area contributed by atoms with Crippen molar-refractivity contribution in [1.82, 2.24) is 4.90 Å². The van der Waals surface area contributed by atoms with Crippen LogP contribution in [-0.4, -0.2) is 22.3 Å². The van der Waals surface area contributed by atoms with Gasteiger partial charge in [0.15, 0.2) is 0 Å². The number of benzene rings is 1. The van der Waals surface area contributed by atoms with Crippen LogP contribution in [-0.2, 0) is 17.9 Å². The number of hydrogen-bond acceptors (Lipinski definition) is 4. The van der Waals surface area contributed by atoms with Crippen molar-refractivity contribution >= 4 is 17.7 Å². The molecule has 1 unspecified atom stereocenters. The molecule has 0 N–H and O–H groups in total. The molecule has 0 saturated carbocycles. The van der Waals surface area contributed by atoms with Crippen molar-refractivity contribution in [2.24, 2.45) is 10.2 Å². The van der Waals surface area contributed by atoms with Crippen LogP contribution in [0.2, 0.25) is 0 Å². The molecule has 2 heterocycles. The second-order valence-electron chi connectivity index (χ2n) is 4.35. The van der Waals surface area contributed by atoms with Crippen molar-refractivity contribution in [3.05, 3.63) is 47.3 Å². The topological polar surface area (TPSA) is 45.0 Å². The lowest BCUT2D eigenvalue weighted by Gasteiger charge is -2.26. The van der Waals surface area contributed by atoms with E-state index in [0.29, 0.717) is 0 Å². The number of azo groups is 1. The van der Waals surface area contributed by atoms with E-state index in [0.717, 1.165) is 18.8 Å². The Morgan fingerprint density at radius 1 is 1.28 bits per heavy atom. The molecule has 0 bridgehead atoms. The minimum absolute atomic E-state index is 0.157. The van der Waals surface area contributed by atoms with Gasteiger partial charge in [0.25, 0.3) is 5.91 Å². The number of fused-ring (bicyclic) bond motifs is 1. The van der Waals surface area contributed by atoms with Gasteiger partial charge < -0.3 is 4.90 Å². The largest absolute Gasteiger partial charge is 0.364 e. The minimum atomic E-state index is -0.211. The normalized spacial score (nSPS) is 22.1. The van der Waals surface area contributed by atoms with E-state index < -0.39 is 0 Å². The Morgan fingerprint density at radius 3 is 2.56 bits per heavy atom. The maximum Gasteiger partial charge on any atom is 0.283 e. The van der Waals surface area contributed by atoms with Gasteiger partial charge in [0, 0.05) is 13.1 Å². The molecule has 2 aliphatic heterocycles. The molecule has 0 fully saturated rings. The van der Waals surface area contributed by atoms with Gasteiger partial charge in [-0.1, -0.05) is 24.3 Å². The quantitative estimate of drug-likeness (QED) is 0.820. The molecule has 3 rings (SSSR count). The maximum absolute atomic E-state index is 11.7. The monoisotopic (exact) mass is 259 g/mol. The Bertz CT molecular complexity index is 528. The van der Waals surface area contributed by atoms with Crippen molar-refractivity contribution in [3.63, 3.8) is 0 Å². The molecule has 18 heavy (non-hydrogen) atoms. The summed E-state index contributed by atoms with van der Waals surface area (Å²) in [6.07, 6.45) is 3.65. The highest BCUT2D eigenvalue weighted by Crippen LogP contribution is 2.32. The van der Waals surface area contributed by atoms with Crippen LogP contribution in [0.15, 0.2) is 46.4 Å². The summed E-state index contributed by atoms with van der Waals surface area (Å²) in [4.78, 5) is 13.9. The fraction of sp³-hybridized carbons (Fsp3) is 0.308. The third-order valence-corrected chi connectivity index (χ3v) is 4.20. The molecule has 92 valence electrons. The van der Waals surface area contributed by atoms with E-state index in [1.807, 2.05) is 6.26 Å². The van der Waals surface area contributed by atoms with Gasteiger partial charge in [0.2, 0.25) is 0 Å². The first-order chi connectivity index (χ1) is 8.79. The minimum Gasteiger partial charge on any atom is -0.364 e. The van der Waals surface area contributed by atoms with Crippen LogP contribution in [0.25, 0.3) is 0 Å². The van der Waals surface area contributed by atoms with Crippen LogP contribution < -0.4 is 0 Å². The smallest absolute Gasteiger partial charge is 0.283 e. The highest BCUT2D eigenvalue weighted by atomic mass is 32.2. The van der Waals surface area contributed by atoms with E-state index in [9.17, 15) is 4.79 Å². The fourth-order valence-corrected chi connectivity index (χ4v) is 3.08. The summed E-state index contributed by atoms with van der Waals surface area (Å²) in [6.45, 7) is 1.70. The first kappa shape index (κ1) is 11.5. The Morgan fingerprint density at radius 2 is 1.94 bits per heavy atom. The van der Waals surface area contributed by atoms with Crippen LogP contribution in [0, 0.1) is 0 Å². The van der Waals surface area contributed by atoms with Gasteiger partial charge in [-0.25, -0.2) is 0 Å². The van der Waals surface area contributed by atoms with Gasteiger partial charge >= 0.3 is 0 Å². The SMILES string of the molecule is CSC1C(=O)N=NC=C1N1Cc2ccccc2C1. The number of carbonyl (C=O) groups excluding carboxylic acids is 1. The number of thioether (sulfide) groups is 1. The van der Waals surface area contributed by atoms with Crippen LogP contribution in [0.1, 0.15) is 11.1 Å². The summed E-state index contributed by atoms with van der Waals surface area (Å²) in [5.41, 5.74) is 3.63. The summed E-state index contributed by atoms with van der Waals surface area (Å²) in [5.74, 6) is -0.157. The van der Waals surface area contributed by atoms with E-state index >= 15 is 0 Å². The highest BCUT2D eigenvalue weighted by molar-refractivity contribution is 8.00. The standard InChI is InChI=1S/C13H13N3OS/c1-18-12-11(6-14-15-13(12)17)16-7-9-4-2-3-5-10(9)8-16/h2-6,12H,7-8H2,1H3. The molecule has 1 amide bonds. The summed E-state index contributed by atoms with van der Waals surface area (Å²) in [5, 5.41) is 7.21. The predicted molar refractivity (Wildman–Crippen MR) is 70.9 cm³/mol. The van der Waals surface area contributed by atoms with Gasteiger partial charge in [-0.2, -0.15) is 5.11 Å². The van der Waals surface area contributed by atoms with Crippen LogP contribution in [0.3, 0.4) is 0 Å². The maximum atomic E-state index is 11.7. The molecule has 0 radical (unpaired) electrons. The Labute approximate surface area is 110 Å². The molecule has 0 aromatic heterocycles. The number of amides is 1. The zero-order chi connectivity index (χ0) is 12.5. The van der Waals surface area contributed by atoms with E-state index in [1.54, 1.807) is 6.20 Å². The number of hydrogen-bond donors (Lipinski definition) is 0. The molecule has 0 aliphatic carbocycles. The first-order valence-electron chi connectivity index (χ1n) is 5.79. The Balaban J connectivity index is 1.88. The summed E-state index contributed by atoms with van der Waals surface area (Å²) in [6, 6.07) is 8.37. The summed E-state index contributed by atoms with van der Waals surface area (Å²) >= 11 is 1.51. The Hall–Kier alpha value is -1.62. The van der Waals surface area contributed by atoms with E-state index in [2.05, 4.69) is 39.4 Å². The zero-order valence-corrected chi connectivity index (χ0v) is 10.9. The van der Waals surface area contributed by atoms with Crippen molar-refractivity contribution in [1.29, 1.82) is 0 Å². The third kappa shape index (κ3) is 1.84. The predicted octanol–water partition coefficient (Wildman–Crippen LogP) is 2.57. The lowest BCUT2D eigenvalue weighted by molar-refractivity contribution is -0.117. The second kappa shape index (κ2) is 4.57. The highest BCUT2D eigenvalue weighted by Gasteiger charge is 2.31. The summed E-state index contributed by atoms with van der Waals surface area (Å²) in [7, 11) is 0. The van der Waals surface area contributed by atoms with Crippen molar-refractivity contribution < 1.29 is 4.79 Å². The van der Waals surface area contributed by atoms with Crippen molar-refractivity contribution in [2.75, 3.05) is 6.26 Å². The molecule has 4 nitrogen and oxygen atoms in total. The average Bonchev–Trinajstić information content (AvgIpc) is 2.82. The first-order valence-corrected chi connectivity index (χ1v) is 7.07. The van der Waals surface area contributed by atoms with Crippen LogP contribution in [0.5, 0.6) is 0 Å². The van der Waals surface area contributed by atoms with Gasteiger partial charge in [-0.05, 0) is 17.4 Å². The molecule has 0 spiro atoms. The third-order valence-electron chi connectivity index (χ3n) is 3.28. The second-order valence-corrected chi connectivity index (χ2v) is 5.29. The molecular formula is C13H13N3OS. The molecule has 1 atom stereocenters. The summed E-state index contributed by atoms with van der Waals surface area (Å²) < 4.78 is 0. The molecule has 1 aromatic rings. The fourth-order valence-electron chi connectivity index (χ4n) is 2.38. The number of carbonyl (C=O) groups is 1. The van der Waals surface area contributed by atoms with Gasteiger partial charge in [-0.3, -0.25) is 4.79 Å². The Kier molecular flexibility index (Phi) is 2.91. The number of rotatable bonds is 2. The lowest BCUT2D eigenvalue weighted by atomic mass is 10.1. The average molecular weight is 259 g/mol. The van der Waals surface area contributed by atoms with Crippen LogP contribution in [0.4, 0.5) is 0 Å². The van der Waals surface area contributed by atoms with Crippen molar-refractivity contribution in [2.45, 2.75) is 18.3 Å². The van der Waals surface area contributed by atoms with Gasteiger partial charge in [0.1, 0.15) is 5.25 Å². The molecule has 0 saturated heterocycles. The molecule has 1 aromatic carbocycles. The van der Waals surface area contributed by atoms with Gasteiger partial charge in [0.05, 0.1) is 11.9 Å². The van der Waals surface area contributed by atoms with Crippen LogP contribution >= 0.6 is 11.8 Å².